The van der Waals surface area contributed by atoms with Crippen molar-refractivity contribution < 1.29 is 14.3 Å². The second-order valence-corrected chi connectivity index (χ2v) is 4.48. The Labute approximate surface area is 113 Å². The van der Waals surface area contributed by atoms with E-state index in [1.54, 1.807) is 7.05 Å². The van der Waals surface area contributed by atoms with Crippen molar-refractivity contribution in [3.05, 3.63) is 35.1 Å². The first-order valence-electron chi connectivity index (χ1n) is 6.13. The van der Waals surface area contributed by atoms with Crippen LogP contribution in [-0.2, 0) is 0 Å². The highest BCUT2D eigenvalue weighted by Crippen LogP contribution is 2.13. The Balaban J connectivity index is 3.05. The zero-order valence-corrected chi connectivity index (χ0v) is 11.4. The summed E-state index contributed by atoms with van der Waals surface area (Å²) in [7, 11) is 1.64. The van der Waals surface area contributed by atoms with Crippen LogP contribution in [0.3, 0.4) is 0 Å². The Hall–Kier alpha value is -1.86. The normalized spacial score (nSPS) is 10.0. The van der Waals surface area contributed by atoms with E-state index in [0.29, 0.717) is 12.0 Å². The SMILES string of the molecule is CC(C)N(C)C(=O)c1cc(C#CCCO)ccc1F. The van der Waals surface area contributed by atoms with Crippen molar-refractivity contribution in [2.45, 2.75) is 26.3 Å². The number of aliphatic hydroxyl groups excluding tert-OH is 1. The molecule has 3 nitrogen and oxygen atoms in total. The van der Waals surface area contributed by atoms with Crippen molar-refractivity contribution in [1.29, 1.82) is 0 Å². The van der Waals surface area contributed by atoms with Gasteiger partial charge in [0.05, 0.1) is 12.2 Å². The monoisotopic (exact) mass is 263 g/mol. The van der Waals surface area contributed by atoms with E-state index in [-0.39, 0.29) is 24.1 Å². The second-order valence-electron chi connectivity index (χ2n) is 4.48. The number of carbonyl (C=O) groups excluding carboxylic acids is 1. The Morgan fingerprint density at radius 1 is 1.47 bits per heavy atom. The molecule has 0 saturated heterocycles. The van der Waals surface area contributed by atoms with E-state index in [2.05, 4.69) is 11.8 Å². The van der Waals surface area contributed by atoms with Crippen molar-refractivity contribution in [2.24, 2.45) is 0 Å². The van der Waals surface area contributed by atoms with Crippen LogP contribution in [0.25, 0.3) is 0 Å². The summed E-state index contributed by atoms with van der Waals surface area (Å²) in [6.45, 7) is 3.71. The molecule has 0 atom stereocenters. The van der Waals surface area contributed by atoms with Crippen LogP contribution in [0.15, 0.2) is 18.2 Å². The lowest BCUT2D eigenvalue weighted by atomic mass is 10.1. The van der Waals surface area contributed by atoms with Gasteiger partial charge in [0.1, 0.15) is 5.82 Å². The van der Waals surface area contributed by atoms with Gasteiger partial charge in [-0.3, -0.25) is 4.79 Å². The molecule has 0 spiro atoms. The summed E-state index contributed by atoms with van der Waals surface area (Å²) in [5.74, 6) is 4.62. The number of carbonyl (C=O) groups is 1. The van der Waals surface area contributed by atoms with E-state index in [1.807, 2.05) is 13.8 Å². The summed E-state index contributed by atoms with van der Waals surface area (Å²) in [4.78, 5) is 13.6. The van der Waals surface area contributed by atoms with Gasteiger partial charge < -0.3 is 10.0 Å². The van der Waals surface area contributed by atoms with Crippen LogP contribution in [-0.4, -0.2) is 35.6 Å². The summed E-state index contributed by atoms with van der Waals surface area (Å²) >= 11 is 0. The third kappa shape index (κ3) is 4.08. The zero-order valence-electron chi connectivity index (χ0n) is 11.4. The van der Waals surface area contributed by atoms with Crippen LogP contribution in [0.1, 0.15) is 36.2 Å². The molecule has 0 aliphatic heterocycles. The molecule has 1 rings (SSSR count). The van der Waals surface area contributed by atoms with Gasteiger partial charge in [-0.25, -0.2) is 4.39 Å². The Morgan fingerprint density at radius 3 is 2.74 bits per heavy atom. The molecule has 0 aromatic heterocycles. The van der Waals surface area contributed by atoms with E-state index in [9.17, 15) is 9.18 Å². The van der Waals surface area contributed by atoms with Crippen molar-refractivity contribution >= 4 is 5.91 Å². The van der Waals surface area contributed by atoms with Crippen LogP contribution in [0.4, 0.5) is 4.39 Å². The smallest absolute Gasteiger partial charge is 0.256 e. The van der Waals surface area contributed by atoms with Gasteiger partial charge in [0.2, 0.25) is 0 Å². The molecule has 1 N–H and O–H groups in total. The Bertz CT molecular complexity index is 515. The molecule has 0 saturated carbocycles. The van der Waals surface area contributed by atoms with E-state index in [1.165, 1.54) is 23.1 Å². The van der Waals surface area contributed by atoms with E-state index < -0.39 is 5.82 Å². The number of nitrogens with zero attached hydrogens (tertiary/aromatic N) is 1. The molecule has 0 fully saturated rings. The van der Waals surface area contributed by atoms with Gasteiger partial charge in [-0.1, -0.05) is 11.8 Å². The third-order valence-corrected chi connectivity index (χ3v) is 2.76. The van der Waals surface area contributed by atoms with Gasteiger partial charge in [0.15, 0.2) is 0 Å². The molecule has 0 radical (unpaired) electrons. The summed E-state index contributed by atoms with van der Waals surface area (Å²) in [6, 6.07) is 4.20. The highest BCUT2D eigenvalue weighted by Gasteiger charge is 2.18. The molecule has 1 aromatic rings. The average molecular weight is 263 g/mol. The maximum atomic E-state index is 13.7. The predicted octanol–water partition coefficient (Wildman–Crippen LogP) is 2.04. The fourth-order valence-electron chi connectivity index (χ4n) is 1.41. The minimum Gasteiger partial charge on any atom is -0.395 e. The molecule has 0 unspecified atom stereocenters. The van der Waals surface area contributed by atoms with Gasteiger partial charge in [-0.15, -0.1) is 0 Å². The summed E-state index contributed by atoms with van der Waals surface area (Å²) in [5.41, 5.74) is 0.586. The molecule has 1 aromatic carbocycles. The molecule has 0 aliphatic rings. The lowest BCUT2D eigenvalue weighted by Gasteiger charge is -2.21. The van der Waals surface area contributed by atoms with Crippen LogP contribution in [0.2, 0.25) is 0 Å². The minimum atomic E-state index is -0.551. The first-order chi connectivity index (χ1) is 8.97. The fraction of sp³-hybridized carbons (Fsp3) is 0.400. The second kappa shape index (κ2) is 6.91. The molecular formula is C15H18FNO2. The van der Waals surface area contributed by atoms with Crippen LogP contribution >= 0.6 is 0 Å². The van der Waals surface area contributed by atoms with Gasteiger partial charge in [0, 0.05) is 25.1 Å². The maximum absolute atomic E-state index is 13.7. The van der Waals surface area contributed by atoms with E-state index in [4.69, 9.17) is 5.11 Å². The average Bonchev–Trinajstić information content (AvgIpc) is 2.39. The zero-order chi connectivity index (χ0) is 14.4. The van der Waals surface area contributed by atoms with Crippen molar-refractivity contribution in [3.63, 3.8) is 0 Å². The fourth-order valence-corrected chi connectivity index (χ4v) is 1.41. The number of aliphatic hydroxyl groups is 1. The number of halogens is 1. The van der Waals surface area contributed by atoms with Crippen LogP contribution < -0.4 is 0 Å². The first-order valence-corrected chi connectivity index (χ1v) is 6.13. The lowest BCUT2D eigenvalue weighted by Crippen LogP contribution is -2.33. The number of rotatable bonds is 3. The number of hydrogen-bond donors (Lipinski definition) is 1. The minimum absolute atomic E-state index is 0.00368. The maximum Gasteiger partial charge on any atom is 0.256 e. The highest BCUT2D eigenvalue weighted by molar-refractivity contribution is 5.94. The predicted molar refractivity (Wildman–Crippen MR) is 72.2 cm³/mol. The molecule has 0 bridgehead atoms. The molecule has 19 heavy (non-hydrogen) atoms. The highest BCUT2D eigenvalue weighted by atomic mass is 19.1. The van der Waals surface area contributed by atoms with Gasteiger partial charge in [0.25, 0.3) is 5.91 Å². The van der Waals surface area contributed by atoms with E-state index in [0.717, 1.165) is 0 Å². The first kappa shape index (κ1) is 15.2. The molecule has 0 aliphatic carbocycles. The molecular weight excluding hydrogens is 245 g/mol. The van der Waals surface area contributed by atoms with Crippen molar-refractivity contribution in [2.75, 3.05) is 13.7 Å². The van der Waals surface area contributed by atoms with Gasteiger partial charge in [-0.2, -0.15) is 0 Å². The quantitative estimate of drug-likeness (QED) is 0.848. The summed E-state index contributed by atoms with van der Waals surface area (Å²) in [6.07, 6.45) is 0.354. The Kier molecular flexibility index (Phi) is 5.53. The number of benzene rings is 1. The molecule has 0 heterocycles. The topological polar surface area (TPSA) is 40.5 Å². The Morgan fingerprint density at radius 2 is 2.16 bits per heavy atom. The third-order valence-electron chi connectivity index (χ3n) is 2.76. The van der Waals surface area contributed by atoms with Crippen molar-refractivity contribution in [1.82, 2.24) is 4.90 Å². The molecule has 4 heteroatoms. The molecule has 102 valence electrons. The van der Waals surface area contributed by atoms with Gasteiger partial charge >= 0.3 is 0 Å². The largest absolute Gasteiger partial charge is 0.395 e. The molecule has 1 amide bonds. The van der Waals surface area contributed by atoms with Crippen LogP contribution in [0.5, 0.6) is 0 Å². The number of hydrogen-bond acceptors (Lipinski definition) is 2. The summed E-state index contributed by atoms with van der Waals surface area (Å²) in [5, 5.41) is 8.64. The van der Waals surface area contributed by atoms with Gasteiger partial charge in [-0.05, 0) is 32.0 Å². The van der Waals surface area contributed by atoms with E-state index >= 15 is 0 Å². The summed E-state index contributed by atoms with van der Waals surface area (Å²) < 4.78 is 13.7. The standard InChI is InChI=1S/C15H18FNO2/c1-11(2)17(3)15(19)13-10-12(6-4-5-9-18)7-8-14(13)16/h7-8,10-11,18H,5,9H2,1-3H3. The lowest BCUT2D eigenvalue weighted by molar-refractivity contribution is 0.0750. The van der Waals surface area contributed by atoms with Crippen LogP contribution in [0, 0.1) is 17.7 Å². The number of amides is 1. The van der Waals surface area contributed by atoms with Crippen molar-refractivity contribution in [3.8, 4) is 11.8 Å².